The third kappa shape index (κ3) is 6.09. The molecule has 0 aromatic heterocycles. The minimum atomic E-state index is -0.539. The van der Waals surface area contributed by atoms with Gasteiger partial charge in [0, 0.05) is 12.5 Å². The minimum Gasteiger partial charge on any atom is -0.353 e. The van der Waals surface area contributed by atoms with Crippen LogP contribution in [0.1, 0.15) is 13.3 Å². The van der Waals surface area contributed by atoms with Crippen LogP contribution in [0.3, 0.4) is 0 Å². The molecule has 0 aliphatic heterocycles. The molecule has 0 aliphatic carbocycles. The molecule has 0 rings (SSSR count). The van der Waals surface area contributed by atoms with E-state index in [0.29, 0.717) is 6.42 Å². The van der Waals surface area contributed by atoms with Gasteiger partial charge in [0.05, 0.1) is 0 Å². The van der Waals surface area contributed by atoms with Gasteiger partial charge in [-0.25, -0.2) is 4.39 Å². The number of hydrogen-bond donors (Lipinski definition) is 2. The zero-order valence-electron chi connectivity index (χ0n) is 6.97. The molecule has 0 fully saturated rings. The third-order valence-corrected chi connectivity index (χ3v) is 1.31. The van der Waals surface area contributed by atoms with Crippen molar-refractivity contribution in [3.8, 4) is 0 Å². The Morgan fingerprint density at radius 2 is 2.33 bits per heavy atom. The van der Waals surface area contributed by atoms with Crippen LogP contribution in [0.4, 0.5) is 4.39 Å². The maximum atomic E-state index is 11.5. The van der Waals surface area contributed by atoms with Gasteiger partial charge in [-0.15, -0.1) is 12.4 Å². The van der Waals surface area contributed by atoms with Crippen LogP contribution in [-0.2, 0) is 4.79 Å². The van der Waals surface area contributed by atoms with Crippen LogP contribution >= 0.6 is 12.4 Å². The highest BCUT2D eigenvalue weighted by molar-refractivity contribution is 5.85. The summed E-state index contributed by atoms with van der Waals surface area (Å²) in [6, 6.07) is 0. The Bertz CT molecular complexity index is 143. The van der Waals surface area contributed by atoms with Crippen LogP contribution in [0.25, 0.3) is 0 Å². The molecule has 0 aromatic carbocycles. The maximum absolute atomic E-state index is 11.5. The molecule has 0 aromatic rings. The highest BCUT2D eigenvalue weighted by Crippen LogP contribution is 1.97. The quantitative estimate of drug-likeness (QED) is 0.638. The number of alkyl halides is 1. The van der Waals surface area contributed by atoms with Crippen molar-refractivity contribution in [3.63, 3.8) is 0 Å². The van der Waals surface area contributed by atoms with Gasteiger partial charge in [-0.3, -0.25) is 4.79 Å². The largest absolute Gasteiger partial charge is 0.353 e. The first kappa shape index (κ1) is 13.9. The smallest absolute Gasteiger partial charge is 0.223 e. The SMILES string of the molecule is C[C@@H](CC=N)C(=O)NCCF.Cl. The number of carbonyl (C=O) groups is 1. The molecule has 0 saturated carbocycles. The van der Waals surface area contributed by atoms with E-state index in [9.17, 15) is 9.18 Å². The van der Waals surface area contributed by atoms with E-state index in [4.69, 9.17) is 5.41 Å². The summed E-state index contributed by atoms with van der Waals surface area (Å²) < 4.78 is 11.5. The first-order chi connectivity index (χ1) is 5.22. The van der Waals surface area contributed by atoms with Gasteiger partial charge in [-0.05, 0) is 12.6 Å². The summed E-state index contributed by atoms with van der Waals surface area (Å²) in [7, 11) is 0. The molecule has 3 nitrogen and oxygen atoms in total. The molecule has 0 bridgehead atoms. The van der Waals surface area contributed by atoms with E-state index in [-0.39, 0.29) is 30.8 Å². The van der Waals surface area contributed by atoms with E-state index < -0.39 is 6.67 Å². The Hall–Kier alpha value is -0.640. The molecule has 12 heavy (non-hydrogen) atoms. The monoisotopic (exact) mass is 196 g/mol. The van der Waals surface area contributed by atoms with Gasteiger partial charge in [0.2, 0.25) is 5.91 Å². The van der Waals surface area contributed by atoms with Gasteiger partial charge < -0.3 is 10.7 Å². The molecule has 0 unspecified atom stereocenters. The summed E-state index contributed by atoms with van der Waals surface area (Å²) in [4.78, 5) is 10.9. The van der Waals surface area contributed by atoms with Crippen molar-refractivity contribution in [1.29, 1.82) is 5.41 Å². The van der Waals surface area contributed by atoms with Gasteiger partial charge in [-0.2, -0.15) is 0 Å². The van der Waals surface area contributed by atoms with Crippen molar-refractivity contribution >= 4 is 24.5 Å². The van der Waals surface area contributed by atoms with Crippen molar-refractivity contribution in [1.82, 2.24) is 5.32 Å². The Kier molecular flexibility index (Phi) is 9.81. The van der Waals surface area contributed by atoms with Gasteiger partial charge in [0.25, 0.3) is 0 Å². The highest BCUT2D eigenvalue weighted by atomic mass is 35.5. The lowest BCUT2D eigenvalue weighted by molar-refractivity contribution is -0.124. The van der Waals surface area contributed by atoms with Gasteiger partial charge in [0.1, 0.15) is 6.67 Å². The van der Waals surface area contributed by atoms with Crippen molar-refractivity contribution in [2.45, 2.75) is 13.3 Å². The summed E-state index contributed by atoms with van der Waals surface area (Å²) in [5, 5.41) is 9.12. The molecule has 0 spiro atoms. The number of carbonyl (C=O) groups excluding carboxylic acids is 1. The van der Waals surface area contributed by atoms with Crippen molar-refractivity contribution in [2.24, 2.45) is 5.92 Å². The molecule has 1 amide bonds. The molecule has 2 N–H and O–H groups in total. The molecule has 1 atom stereocenters. The zero-order valence-corrected chi connectivity index (χ0v) is 7.79. The number of halogens is 2. The molecule has 0 heterocycles. The average Bonchev–Trinajstić information content (AvgIpc) is 2.00. The molecule has 0 aliphatic rings. The third-order valence-electron chi connectivity index (χ3n) is 1.31. The summed E-state index contributed by atoms with van der Waals surface area (Å²) in [5.74, 6) is -0.412. The normalized spacial score (nSPS) is 11.2. The Morgan fingerprint density at radius 3 is 2.75 bits per heavy atom. The molecule has 5 heteroatoms. The topological polar surface area (TPSA) is 53.0 Å². The van der Waals surface area contributed by atoms with Gasteiger partial charge >= 0.3 is 0 Å². The Morgan fingerprint density at radius 1 is 1.75 bits per heavy atom. The van der Waals surface area contributed by atoms with Crippen molar-refractivity contribution in [3.05, 3.63) is 0 Å². The van der Waals surface area contributed by atoms with E-state index in [1.165, 1.54) is 6.21 Å². The van der Waals surface area contributed by atoms with Crippen LogP contribution in [0.5, 0.6) is 0 Å². The standard InChI is InChI=1S/C7H13FN2O.ClH/c1-6(2-4-9)7(11)10-5-3-8;/h4,6,9H,2-3,5H2,1H3,(H,10,11);1H/t6-;/m0./s1. The summed E-state index contributed by atoms with van der Waals surface area (Å²) in [6.45, 7) is 1.24. The van der Waals surface area contributed by atoms with Crippen LogP contribution in [0.15, 0.2) is 0 Å². The lowest BCUT2D eigenvalue weighted by atomic mass is 10.1. The fourth-order valence-electron chi connectivity index (χ4n) is 0.628. The predicted octanol–water partition coefficient (Wildman–Crippen LogP) is 1.17. The average molecular weight is 197 g/mol. The van der Waals surface area contributed by atoms with Crippen molar-refractivity contribution in [2.75, 3.05) is 13.2 Å². The second kappa shape index (κ2) is 8.46. The molecular formula is C7H14ClFN2O. The lowest BCUT2D eigenvalue weighted by Gasteiger charge is -2.07. The lowest BCUT2D eigenvalue weighted by Crippen LogP contribution is -2.30. The number of hydrogen-bond acceptors (Lipinski definition) is 2. The fraction of sp³-hybridized carbons (Fsp3) is 0.714. The second-order valence-corrected chi connectivity index (χ2v) is 2.32. The summed E-state index contributed by atoms with van der Waals surface area (Å²) in [6.07, 6.45) is 1.60. The Balaban J connectivity index is 0. The van der Waals surface area contributed by atoms with E-state index in [2.05, 4.69) is 5.32 Å². The number of amides is 1. The van der Waals surface area contributed by atoms with Gasteiger partial charge in [0.15, 0.2) is 0 Å². The van der Waals surface area contributed by atoms with Gasteiger partial charge in [-0.1, -0.05) is 6.92 Å². The van der Waals surface area contributed by atoms with E-state index in [1.54, 1.807) is 6.92 Å². The van der Waals surface area contributed by atoms with Crippen LogP contribution in [0.2, 0.25) is 0 Å². The maximum Gasteiger partial charge on any atom is 0.223 e. The summed E-state index contributed by atoms with van der Waals surface area (Å²) >= 11 is 0. The highest BCUT2D eigenvalue weighted by Gasteiger charge is 2.09. The van der Waals surface area contributed by atoms with Crippen molar-refractivity contribution < 1.29 is 9.18 Å². The number of rotatable bonds is 5. The zero-order chi connectivity index (χ0) is 8.69. The van der Waals surface area contributed by atoms with E-state index in [1.807, 2.05) is 0 Å². The minimum absolute atomic E-state index is 0. The molecule has 0 saturated heterocycles. The first-order valence-corrected chi connectivity index (χ1v) is 3.55. The first-order valence-electron chi connectivity index (χ1n) is 3.55. The predicted molar refractivity (Wildman–Crippen MR) is 48.8 cm³/mol. The Labute approximate surface area is 77.6 Å². The molecule has 0 radical (unpaired) electrons. The fourth-order valence-corrected chi connectivity index (χ4v) is 0.628. The molecule has 72 valence electrons. The van der Waals surface area contributed by atoms with E-state index in [0.717, 1.165) is 0 Å². The van der Waals surface area contributed by atoms with Crippen LogP contribution < -0.4 is 5.32 Å². The van der Waals surface area contributed by atoms with E-state index >= 15 is 0 Å². The van der Waals surface area contributed by atoms with Crippen LogP contribution in [-0.4, -0.2) is 25.3 Å². The summed E-state index contributed by atoms with van der Waals surface area (Å²) in [5.41, 5.74) is 0. The number of nitrogens with one attached hydrogen (secondary N) is 2. The molecular weight excluding hydrogens is 183 g/mol. The second-order valence-electron chi connectivity index (χ2n) is 2.32. The van der Waals surface area contributed by atoms with Crippen LogP contribution in [0, 0.1) is 11.3 Å².